The molecule has 0 saturated heterocycles. The summed E-state index contributed by atoms with van der Waals surface area (Å²) in [5.41, 5.74) is 3.97. The third kappa shape index (κ3) is 6.84. The highest BCUT2D eigenvalue weighted by Gasteiger charge is 2.30. The Hall–Kier alpha value is -3.31. The Bertz CT molecular complexity index is 1120. The zero-order valence-corrected chi connectivity index (χ0v) is 20.6. The topological polar surface area (TPSA) is 58.6 Å². The van der Waals surface area contributed by atoms with Gasteiger partial charge in [-0.25, -0.2) is 0 Å². The van der Waals surface area contributed by atoms with Crippen molar-refractivity contribution in [2.45, 2.75) is 39.8 Å². The first kappa shape index (κ1) is 25.3. The second kappa shape index (κ2) is 12.2. The molecule has 3 rings (SSSR count). The standard InChI is InChI=1S/C28H31ClN2O3/c1-4-30-28(33)26(17-22-10-6-5-7-11-22)31(18-23-12-8-9-13-25(23)29)27(32)19-34-24-15-14-20(2)21(3)16-24/h5-16,26H,4,17-19H2,1-3H3,(H,30,33). The van der Waals surface area contributed by atoms with E-state index in [1.807, 2.05) is 87.5 Å². The fourth-order valence-corrected chi connectivity index (χ4v) is 3.88. The normalized spacial score (nSPS) is 11.5. The monoisotopic (exact) mass is 478 g/mol. The average molecular weight is 479 g/mol. The van der Waals surface area contributed by atoms with Crippen molar-refractivity contribution in [2.75, 3.05) is 13.2 Å². The van der Waals surface area contributed by atoms with E-state index in [9.17, 15) is 9.59 Å². The summed E-state index contributed by atoms with van der Waals surface area (Å²) in [4.78, 5) is 28.2. The maximum Gasteiger partial charge on any atom is 0.261 e. The molecule has 1 N–H and O–H groups in total. The number of hydrogen-bond acceptors (Lipinski definition) is 3. The lowest BCUT2D eigenvalue weighted by atomic mass is 10.0. The zero-order chi connectivity index (χ0) is 24.5. The number of halogens is 1. The Morgan fingerprint density at radius 1 is 0.971 bits per heavy atom. The molecule has 3 aromatic carbocycles. The maximum absolute atomic E-state index is 13.5. The van der Waals surface area contributed by atoms with Crippen molar-refractivity contribution >= 4 is 23.4 Å². The molecule has 0 fully saturated rings. The van der Waals surface area contributed by atoms with E-state index >= 15 is 0 Å². The molecule has 0 saturated carbocycles. The predicted molar refractivity (Wildman–Crippen MR) is 136 cm³/mol. The van der Waals surface area contributed by atoms with Crippen molar-refractivity contribution in [3.8, 4) is 5.75 Å². The van der Waals surface area contributed by atoms with Crippen molar-refractivity contribution in [1.82, 2.24) is 10.2 Å². The largest absolute Gasteiger partial charge is 0.484 e. The van der Waals surface area contributed by atoms with E-state index in [0.29, 0.717) is 23.7 Å². The summed E-state index contributed by atoms with van der Waals surface area (Å²) < 4.78 is 5.84. The highest BCUT2D eigenvalue weighted by molar-refractivity contribution is 6.31. The zero-order valence-electron chi connectivity index (χ0n) is 19.9. The minimum atomic E-state index is -0.713. The number of hydrogen-bond donors (Lipinski definition) is 1. The van der Waals surface area contributed by atoms with Crippen LogP contribution in [0.1, 0.15) is 29.2 Å². The Kier molecular flexibility index (Phi) is 9.11. The summed E-state index contributed by atoms with van der Waals surface area (Å²) in [5, 5.41) is 3.43. The van der Waals surface area contributed by atoms with Gasteiger partial charge in [-0.3, -0.25) is 9.59 Å². The molecular weight excluding hydrogens is 448 g/mol. The van der Waals surface area contributed by atoms with E-state index in [1.54, 1.807) is 11.0 Å². The lowest BCUT2D eigenvalue weighted by molar-refractivity contribution is -0.142. The number of benzene rings is 3. The van der Waals surface area contributed by atoms with Crippen LogP contribution in [0.15, 0.2) is 72.8 Å². The molecule has 0 bridgehead atoms. The Morgan fingerprint density at radius 2 is 1.68 bits per heavy atom. The molecule has 178 valence electrons. The first-order valence-electron chi connectivity index (χ1n) is 11.4. The van der Waals surface area contributed by atoms with Gasteiger partial charge in [-0.1, -0.05) is 66.2 Å². The van der Waals surface area contributed by atoms with Gasteiger partial charge in [0, 0.05) is 24.5 Å². The molecule has 34 heavy (non-hydrogen) atoms. The van der Waals surface area contributed by atoms with Crippen molar-refractivity contribution in [1.29, 1.82) is 0 Å². The van der Waals surface area contributed by atoms with E-state index in [1.165, 1.54) is 0 Å². The SMILES string of the molecule is CCNC(=O)C(Cc1ccccc1)N(Cc1ccccc1Cl)C(=O)COc1ccc(C)c(C)c1. The highest BCUT2D eigenvalue weighted by Crippen LogP contribution is 2.21. The van der Waals surface area contributed by atoms with Crippen LogP contribution in [-0.4, -0.2) is 35.9 Å². The Labute approximate surface area is 206 Å². The first-order chi connectivity index (χ1) is 16.4. The number of likely N-dealkylation sites (N-methyl/N-ethyl adjacent to an activating group) is 1. The molecule has 2 amide bonds. The summed E-state index contributed by atoms with van der Waals surface area (Å²) in [6, 6.07) is 22.0. The molecule has 5 nitrogen and oxygen atoms in total. The van der Waals surface area contributed by atoms with Crippen LogP contribution >= 0.6 is 11.6 Å². The van der Waals surface area contributed by atoms with Crippen molar-refractivity contribution < 1.29 is 14.3 Å². The number of ether oxygens (including phenoxy) is 1. The lowest BCUT2D eigenvalue weighted by Gasteiger charge is -2.31. The van der Waals surface area contributed by atoms with Crippen LogP contribution in [0.3, 0.4) is 0 Å². The second-order valence-corrected chi connectivity index (χ2v) is 8.66. The molecule has 0 aliphatic carbocycles. The molecule has 1 unspecified atom stereocenters. The molecule has 0 aliphatic heterocycles. The minimum absolute atomic E-state index is 0.183. The number of carbonyl (C=O) groups is 2. The third-order valence-electron chi connectivity index (χ3n) is 5.76. The third-order valence-corrected chi connectivity index (χ3v) is 6.13. The predicted octanol–water partition coefficient (Wildman–Crippen LogP) is 5.11. The van der Waals surface area contributed by atoms with Crippen molar-refractivity contribution in [2.24, 2.45) is 0 Å². The summed E-state index contributed by atoms with van der Waals surface area (Å²) in [6.07, 6.45) is 0.381. The fraction of sp³-hybridized carbons (Fsp3) is 0.286. The van der Waals surface area contributed by atoms with Crippen molar-refractivity contribution in [3.63, 3.8) is 0 Å². The van der Waals surface area contributed by atoms with Gasteiger partial charge in [0.2, 0.25) is 5.91 Å². The molecular formula is C28H31ClN2O3. The van der Waals surface area contributed by atoms with Crippen LogP contribution in [0.5, 0.6) is 5.75 Å². The molecule has 0 aliphatic rings. The number of rotatable bonds is 10. The summed E-state index contributed by atoms with van der Waals surface area (Å²) in [6.45, 7) is 6.37. The van der Waals surface area contributed by atoms with Gasteiger partial charge in [-0.2, -0.15) is 0 Å². The molecule has 3 aromatic rings. The molecule has 0 radical (unpaired) electrons. The van der Waals surface area contributed by atoms with Crippen LogP contribution in [0.4, 0.5) is 0 Å². The number of nitrogens with one attached hydrogen (secondary N) is 1. The van der Waals surface area contributed by atoms with Gasteiger partial charge in [0.05, 0.1) is 0 Å². The lowest BCUT2D eigenvalue weighted by Crippen LogP contribution is -2.51. The average Bonchev–Trinajstić information content (AvgIpc) is 2.83. The minimum Gasteiger partial charge on any atom is -0.484 e. The van der Waals surface area contributed by atoms with E-state index in [4.69, 9.17) is 16.3 Å². The van der Waals surface area contributed by atoms with Gasteiger partial charge in [0.25, 0.3) is 5.91 Å². The quantitative estimate of drug-likeness (QED) is 0.440. The van der Waals surface area contributed by atoms with E-state index in [-0.39, 0.29) is 25.0 Å². The van der Waals surface area contributed by atoms with Crippen molar-refractivity contribution in [3.05, 3.63) is 100 Å². The molecule has 0 spiro atoms. The summed E-state index contributed by atoms with van der Waals surface area (Å²) in [5.74, 6) is 0.120. The van der Waals surface area contributed by atoms with Crippen LogP contribution < -0.4 is 10.1 Å². The van der Waals surface area contributed by atoms with Crippen LogP contribution in [-0.2, 0) is 22.6 Å². The smallest absolute Gasteiger partial charge is 0.261 e. The van der Waals surface area contributed by atoms with E-state index in [2.05, 4.69) is 5.32 Å². The molecule has 6 heteroatoms. The number of aryl methyl sites for hydroxylation is 2. The Morgan fingerprint density at radius 3 is 2.35 bits per heavy atom. The van der Waals surface area contributed by atoms with E-state index < -0.39 is 6.04 Å². The summed E-state index contributed by atoms with van der Waals surface area (Å²) in [7, 11) is 0. The maximum atomic E-state index is 13.5. The molecule has 1 atom stereocenters. The number of nitrogens with zero attached hydrogens (tertiary/aromatic N) is 1. The number of carbonyl (C=O) groups excluding carboxylic acids is 2. The second-order valence-electron chi connectivity index (χ2n) is 8.25. The van der Waals surface area contributed by atoms with E-state index in [0.717, 1.165) is 22.3 Å². The fourth-order valence-electron chi connectivity index (χ4n) is 3.69. The van der Waals surface area contributed by atoms with Gasteiger partial charge in [-0.05, 0) is 61.2 Å². The van der Waals surface area contributed by atoms with Gasteiger partial charge >= 0.3 is 0 Å². The van der Waals surface area contributed by atoms with Crippen LogP contribution in [0, 0.1) is 13.8 Å². The van der Waals surface area contributed by atoms with Gasteiger partial charge in [0.15, 0.2) is 6.61 Å². The first-order valence-corrected chi connectivity index (χ1v) is 11.8. The molecule has 0 aromatic heterocycles. The highest BCUT2D eigenvalue weighted by atomic mass is 35.5. The van der Waals surface area contributed by atoms with Gasteiger partial charge in [-0.15, -0.1) is 0 Å². The molecule has 0 heterocycles. The number of amides is 2. The van der Waals surface area contributed by atoms with Gasteiger partial charge in [0.1, 0.15) is 11.8 Å². The van der Waals surface area contributed by atoms with Crippen LogP contribution in [0.25, 0.3) is 0 Å². The van der Waals surface area contributed by atoms with Crippen LogP contribution in [0.2, 0.25) is 5.02 Å². The van der Waals surface area contributed by atoms with Gasteiger partial charge < -0.3 is 15.0 Å². The Balaban J connectivity index is 1.90. The summed E-state index contributed by atoms with van der Waals surface area (Å²) >= 11 is 6.41.